The third kappa shape index (κ3) is 3.62. The normalized spacial score (nSPS) is 10.6. The molecule has 0 unspecified atom stereocenters. The van der Waals surface area contributed by atoms with E-state index < -0.39 is 0 Å². The van der Waals surface area contributed by atoms with Crippen LogP contribution in [0.5, 0.6) is 11.5 Å². The molecule has 0 radical (unpaired) electrons. The van der Waals surface area contributed by atoms with Crippen LogP contribution in [0.3, 0.4) is 0 Å². The first-order valence-corrected chi connectivity index (χ1v) is 7.65. The molecule has 6 heteroatoms. The van der Waals surface area contributed by atoms with E-state index in [1.54, 1.807) is 38.5 Å². The van der Waals surface area contributed by atoms with Gasteiger partial charge in [0.25, 0.3) is 5.91 Å². The van der Waals surface area contributed by atoms with Crippen molar-refractivity contribution in [3.63, 3.8) is 0 Å². The number of benzene rings is 1. The fourth-order valence-electron chi connectivity index (χ4n) is 2.13. The van der Waals surface area contributed by atoms with Gasteiger partial charge in [0.05, 0.1) is 14.2 Å². The van der Waals surface area contributed by atoms with E-state index in [1.807, 2.05) is 24.6 Å². The minimum atomic E-state index is -0.185. The van der Waals surface area contributed by atoms with Crippen LogP contribution in [-0.4, -0.2) is 24.7 Å². The quantitative estimate of drug-likeness (QED) is 0.866. The molecule has 1 heterocycles. The van der Waals surface area contributed by atoms with Gasteiger partial charge in [-0.15, -0.1) is 0 Å². The highest BCUT2D eigenvalue weighted by molar-refractivity contribution is 9.10. The van der Waals surface area contributed by atoms with E-state index in [0.29, 0.717) is 22.9 Å². The van der Waals surface area contributed by atoms with Crippen molar-refractivity contribution in [1.29, 1.82) is 0 Å². The van der Waals surface area contributed by atoms with Crippen molar-refractivity contribution < 1.29 is 14.3 Å². The molecule has 118 valence electrons. The summed E-state index contributed by atoms with van der Waals surface area (Å²) in [5.74, 6) is 1.06. The second-order valence-electron chi connectivity index (χ2n) is 5.10. The molecule has 0 spiro atoms. The van der Waals surface area contributed by atoms with Gasteiger partial charge in [-0.3, -0.25) is 4.79 Å². The maximum absolute atomic E-state index is 12.5. The minimum Gasteiger partial charge on any atom is -0.497 e. The largest absolute Gasteiger partial charge is 0.497 e. The zero-order chi connectivity index (χ0) is 16.3. The van der Waals surface area contributed by atoms with Crippen LogP contribution >= 0.6 is 15.9 Å². The van der Waals surface area contributed by atoms with E-state index in [2.05, 4.69) is 21.2 Å². The van der Waals surface area contributed by atoms with Gasteiger partial charge in [0.2, 0.25) is 0 Å². The summed E-state index contributed by atoms with van der Waals surface area (Å²) < 4.78 is 13.2. The number of hydrogen-bond donors (Lipinski definition) is 1. The number of ether oxygens (including phenoxy) is 2. The molecular formula is C16H19BrN2O3. The number of nitrogens with one attached hydrogen (secondary N) is 1. The molecule has 22 heavy (non-hydrogen) atoms. The number of anilines is 1. The summed E-state index contributed by atoms with van der Waals surface area (Å²) in [5, 5.41) is 2.88. The lowest BCUT2D eigenvalue weighted by Crippen LogP contribution is -2.17. The van der Waals surface area contributed by atoms with Gasteiger partial charge in [-0.05, 0) is 35.8 Å². The Morgan fingerprint density at radius 1 is 1.14 bits per heavy atom. The Hall–Kier alpha value is -1.95. The molecule has 2 rings (SSSR count). The van der Waals surface area contributed by atoms with E-state index >= 15 is 0 Å². The highest BCUT2D eigenvalue weighted by Crippen LogP contribution is 2.27. The average Bonchev–Trinajstić information content (AvgIpc) is 2.89. The van der Waals surface area contributed by atoms with Gasteiger partial charge in [0, 0.05) is 40.6 Å². The van der Waals surface area contributed by atoms with Gasteiger partial charge in [0.15, 0.2) is 0 Å². The summed E-state index contributed by atoms with van der Waals surface area (Å²) in [5.41, 5.74) is 1.21. The summed E-state index contributed by atoms with van der Waals surface area (Å²) in [6.45, 7) is 4.05. The van der Waals surface area contributed by atoms with Crippen molar-refractivity contribution in [2.24, 2.45) is 0 Å². The Morgan fingerprint density at radius 3 is 2.23 bits per heavy atom. The number of rotatable bonds is 5. The smallest absolute Gasteiger partial charge is 0.272 e. The maximum Gasteiger partial charge on any atom is 0.272 e. The van der Waals surface area contributed by atoms with Gasteiger partial charge < -0.3 is 19.4 Å². The Balaban J connectivity index is 2.29. The molecule has 1 aromatic heterocycles. The number of carbonyl (C=O) groups excluding carboxylic acids is 1. The Labute approximate surface area is 138 Å². The van der Waals surface area contributed by atoms with Crippen LogP contribution in [0.1, 0.15) is 30.4 Å². The number of methoxy groups -OCH3 is 2. The monoisotopic (exact) mass is 366 g/mol. The third-order valence-corrected chi connectivity index (χ3v) is 3.65. The average molecular weight is 367 g/mol. The van der Waals surface area contributed by atoms with Crippen LogP contribution in [0.15, 0.2) is 34.9 Å². The van der Waals surface area contributed by atoms with E-state index in [-0.39, 0.29) is 11.9 Å². The van der Waals surface area contributed by atoms with E-state index in [1.165, 1.54) is 0 Å². The molecule has 1 N–H and O–H groups in total. The predicted octanol–water partition coefficient (Wildman–Crippen LogP) is 4.10. The molecule has 0 aliphatic carbocycles. The Bertz CT molecular complexity index is 658. The molecule has 2 aromatic rings. The van der Waals surface area contributed by atoms with E-state index in [4.69, 9.17) is 9.47 Å². The fraction of sp³-hybridized carbons (Fsp3) is 0.312. The lowest BCUT2D eigenvalue weighted by Gasteiger charge is -2.13. The molecule has 5 nitrogen and oxygen atoms in total. The van der Waals surface area contributed by atoms with Gasteiger partial charge in [-0.25, -0.2) is 0 Å². The molecule has 0 saturated heterocycles. The molecule has 0 bridgehead atoms. The summed E-state index contributed by atoms with van der Waals surface area (Å²) in [6, 6.07) is 7.23. The lowest BCUT2D eigenvalue weighted by atomic mass is 10.2. The van der Waals surface area contributed by atoms with Crippen LogP contribution in [-0.2, 0) is 0 Å². The summed E-state index contributed by atoms with van der Waals surface area (Å²) in [7, 11) is 3.14. The molecule has 0 atom stereocenters. The SMILES string of the molecule is COc1cc(NC(=O)c2cc(Br)cn2C(C)C)cc(OC)c1. The topological polar surface area (TPSA) is 52.5 Å². The van der Waals surface area contributed by atoms with Crippen LogP contribution in [0.25, 0.3) is 0 Å². The maximum atomic E-state index is 12.5. The second kappa shape index (κ2) is 6.87. The van der Waals surface area contributed by atoms with Crippen molar-refractivity contribution in [3.05, 3.63) is 40.6 Å². The third-order valence-electron chi connectivity index (χ3n) is 3.21. The van der Waals surface area contributed by atoms with Crippen LogP contribution in [0.2, 0.25) is 0 Å². The first-order chi connectivity index (χ1) is 10.4. The van der Waals surface area contributed by atoms with Crippen molar-refractivity contribution in [3.8, 4) is 11.5 Å². The Kier molecular flexibility index (Phi) is 5.13. The highest BCUT2D eigenvalue weighted by atomic mass is 79.9. The van der Waals surface area contributed by atoms with Crippen LogP contribution < -0.4 is 14.8 Å². The first-order valence-electron chi connectivity index (χ1n) is 6.86. The van der Waals surface area contributed by atoms with Crippen molar-refractivity contribution >= 4 is 27.5 Å². The van der Waals surface area contributed by atoms with Gasteiger partial charge in [-0.1, -0.05) is 0 Å². The number of hydrogen-bond acceptors (Lipinski definition) is 3. The second-order valence-corrected chi connectivity index (χ2v) is 6.02. The lowest BCUT2D eigenvalue weighted by molar-refractivity contribution is 0.101. The molecule has 0 saturated carbocycles. The molecular weight excluding hydrogens is 348 g/mol. The highest BCUT2D eigenvalue weighted by Gasteiger charge is 2.16. The minimum absolute atomic E-state index is 0.185. The molecule has 0 aliphatic heterocycles. The Morgan fingerprint density at radius 2 is 1.73 bits per heavy atom. The summed E-state index contributed by atoms with van der Waals surface area (Å²) in [4.78, 5) is 12.5. The first kappa shape index (κ1) is 16.4. The van der Waals surface area contributed by atoms with Gasteiger partial charge in [0.1, 0.15) is 17.2 Å². The number of nitrogens with zero attached hydrogens (tertiary/aromatic N) is 1. The molecule has 0 aliphatic rings. The summed E-state index contributed by atoms with van der Waals surface area (Å²) in [6.07, 6.45) is 1.89. The zero-order valence-corrected chi connectivity index (χ0v) is 14.6. The summed E-state index contributed by atoms with van der Waals surface area (Å²) >= 11 is 3.41. The van der Waals surface area contributed by atoms with Crippen molar-refractivity contribution in [1.82, 2.24) is 4.57 Å². The van der Waals surface area contributed by atoms with E-state index in [0.717, 1.165) is 4.47 Å². The molecule has 0 fully saturated rings. The standard InChI is InChI=1S/C16H19BrN2O3/c1-10(2)19-9-11(17)5-15(19)16(20)18-12-6-13(21-3)8-14(7-12)22-4/h5-10H,1-4H3,(H,18,20). The number of amides is 1. The zero-order valence-electron chi connectivity index (χ0n) is 13.0. The van der Waals surface area contributed by atoms with Gasteiger partial charge >= 0.3 is 0 Å². The van der Waals surface area contributed by atoms with Crippen molar-refractivity contribution in [2.45, 2.75) is 19.9 Å². The van der Waals surface area contributed by atoms with E-state index in [9.17, 15) is 4.79 Å². The predicted molar refractivity (Wildman–Crippen MR) is 90.0 cm³/mol. The fourth-order valence-corrected chi connectivity index (χ4v) is 2.57. The number of carbonyl (C=O) groups is 1. The molecule has 1 aromatic carbocycles. The van der Waals surface area contributed by atoms with Gasteiger partial charge in [-0.2, -0.15) is 0 Å². The number of halogens is 1. The van der Waals surface area contributed by atoms with Crippen molar-refractivity contribution in [2.75, 3.05) is 19.5 Å². The van der Waals surface area contributed by atoms with Crippen LogP contribution in [0, 0.1) is 0 Å². The molecule has 1 amide bonds. The number of aromatic nitrogens is 1. The van der Waals surface area contributed by atoms with Crippen LogP contribution in [0.4, 0.5) is 5.69 Å².